The molecule has 3 unspecified atom stereocenters. The van der Waals surface area contributed by atoms with Crippen molar-refractivity contribution < 1.29 is 34.5 Å². The van der Waals surface area contributed by atoms with E-state index in [9.17, 15) is 34.5 Å². The Morgan fingerprint density at radius 3 is 2.36 bits per heavy atom. The van der Waals surface area contributed by atoms with E-state index >= 15 is 0 Å². The van der Waals surface area contributed by atoms with Crippen LogP contribution in [0.4, 0.5) is 5.69 Å². The van der Waals surface area contributed by atoms with E-state index < -0.39 is 63.5 Å². The highest BCUT2D eigenvalue weighted by Gasteiger charge is 2.50. The van der Waals surface area contributed by atoms with Crippen LogP contribution in [0.3, 0.4) is 0 Å². The van der Waals surface area contributed by atoms with Gasteiger partial charge in [-0.15, -0.1) is 0 Å². The Morgan fingerprint density at radius 1 is 1.09 bits per heavy atom. The molecule has 0 bridgehead atoms. The molecule has 0 aromatic heterocycles. The van der Waals surface area contributed by atoms with Crippen molar-refractivity contribution in [2.45, 2.75) is 40.0 Å². The molecule has 9 heteroatoms. The predicted molar refractivity (Wildman–Crippen MR) is 117 cm³/mol. The number of aromatic hydroxyl groups is 1. The average Bonchev–Trinajstić information content (AvgIpc) is 2.68. The van der Waals surface area contributed by atoms with Crippen molar-refractivity contribution >= 4 is 29.1 Å². The summed E-state index contributed by atoms with van der Waals surface area (Å²) in [5.74, 6) is -6.20. The lowest BCUT2D eigenvalue weighted by molar-refractivity contribution is -0.126. The third-order valence-corrected chi connectivity index (χ3v) is 6.69. The summed E-state index contributed by atoms with van der Waals surface area (Å²) in [4.78, 5) is 50.3. The molecule has 6 N–H and O–H groups in total. The van der Waals surface area contributed by atoms with E-state index in [1.165, 1.54) is 6.07 Å². The molecule has 0 spiro atoms. The highest BCUT2D eigenvalue weighted by atomic mass is 16.3. The molecule has 0 radical (unpaired) electrons. The summed E-state index contributed by atoms with van der Waals surface area (Å²) < 4.78 is 0. The molecule has 2 amide bonds. The normalized spacial score (nSPS) is 24.8. The molecule has 1 aromatic carbocycles. The zero-order chi connectivity index (χ0) is 24.4. The molecule has 0 saturated heterocycles. The Bertz CT molecular complexity index is 1190. The Kier molecular flexibility index (Phi) is 5.11. The number of fused-ring (bicyclic) bond motifs is 3. The van der Waals surface area contributed by atoms with Gasteiger partial charge in [0.15, 0.2) is 17.3 Å². The first-order chi connectivity index (χ1) is 15.3. The summed E-state index contributed by atoms with van der Waals surface area (Å²) >= 11 is 0. The maximum absolute atomic E-state index is 13.4. The zero-order valence-corrected chi connectivity index (χ0v) is 18.6. The van der Waals surface area contributed by atoms with Gasteiger partial charge in [-0.25, -0.2) is 0 Å². The molecule has 3 atom stereocenters. The minimum atomic E-state index is -1.16. The first kappa shape index (κ1) is 22.6. The summed E-state index contributed by atoms with van der Waals surface area (Å²) in [6.07, 6.45) is 0.652. The van der Waals surface area contributed by atoms with Gasteiger partial charge in [-0.2, -0.15) is 0 Å². The van der Waals surface area contributed by atoms with E-state index in [0.717, 1.165) is 0 Å². The minimum Gasteiger partial charge on any atom is -0.511 e. The van der Waals surface area contributed by atoms with Crippen LogP contribution < -0.4 is 11.1 Å². The van der Waals surface area contributed by atoms with Gasteiger partial charge in [-0.3, -0.25) is 19.2 Å². The SMILES string of the molecule is CC(C)(C)C(=O)Nc1ccc2c(c1O)C(=O)C1=C(O)C3C(=O)C(C(N)=O)=C(O)CC3CC1C2. The second kappa shape index (κ2) is 7.47. The van der Waals surface area contributed by atoms with Crippen LogP contribution in [0.5, 0.6) is 5.75 Å². The molecule has 0 aliphatic heterocycles. The summed E-state index contributed by atoms with van der Waals surface area (Å²) in [7, 11) is 0. The van der Waals surface area contributed by atoms with E-state index in [-0.39, 0.29) is 29.2 Å². The molecule has 3 aliphatic rings. The van der Waals surface area contributed by atoms with Crippen LogP contribution in [0, 0.1) is 23.2 Å². The van der Waals surface area contributed by atoms with Crippen molar-refractivity contribution in [1.82, 2.24) is 0 Å². The molecule has 3 aliphatic carbocycles. The van der Waals surface area contributed by atoms with Crippen molar-refractivity contribution in [2.75, 3.05) is 5.32 Å². The number of allylic oxidation sites excluding steroid dienone is 3. The highest BCUT2D eigenvalue weighted by Crippen LogP contribution is 2.50. The number of Topliss-reactive ketones (excluding diaryl/α,β-unsaturated/α-hetero) is 2. The van der Waals surface area contributed by atoms with Gasteiger partial charge in [0, 0.05) is 17.4 Å². The maximum Gasteiger partial charge on any atom is 0.255 e. The van der Waals surface area contributed by atoms with Crippen molar-refractivity contribution in [3.05, 3.63) is 45.9 Å². The Morgan fingerprint density at radius 2 is 1.76 bits per heavy atom. The number of aliphatic hydroxyl groups excluding tert-OH is 2. The first-order valence-electron chi connectivity index (χ1n) is 10.7. The minimum absolute atomic E-state index is 0.00735. The lowest BCUT2D eigenvalue weighted by atomic mass is 9.62. The van der Waals surface area contributed by atoms with E-state index in [1.54, 1.807) is 26.8 Å². The van der Waals surface area contributed by atoms with E-state index in [4.69, 9.17) is 5.73 Å². The summed E-state index contributed by atoms with van der Waals surface area (Å²) in [5.41, 5.74) is 4.57. The Hall–Kier alpha value is -3.62. The topological polar surface area (TPSA) is 167 Å². The molecule has 4 rings (SSSR count). The fourth-order valence-electron chi connectivity index (χ4n) is 5.02. The van der Waals surface area contributed by atoms with Crippen LogP contribution in [0.25, 0.3) is 0 Å². The smallest absolute Gasteiger partial charge is 0.255 e. The number of rotatable bonds is 2. The van der Waals surface area contributed by atoms with Gasteiger partial charge >= 0.3 is 0 Å². The van der Waals surface area contributed by atoms with Crippen molar-refractivity contribution in [2.24, 2.45) is 28.9 Å². The number of phenolic OH excluding ortho intramolecular Hbond substituents is 1. The van der Waals surface area contributed by atoms with E-state index in [0.29, 0.717) is 18.4 Å². The lowest BCUT2D eigenvalue weighted by Crippen LogP contribution is -2.43. The van der Waals surface area contributed by atoms with Crippen molar-refractivity contribution in [3.63, 3.8) is 0 Å². The number of anilines is 1. The maximum atomic E-state index is 13.4. The van der Waals surface area contributed by atoms with Gasteiger partial charge in [0.05, 0.1) is 17.2 Å². The van der Waals surface area contributed by atoms with Crippen molar-refractivity contribution in [3.8, 4) is 5.75 Å². The second-order valence-corrected chi connectivity index (χ2v) is 9.96. The van der Waals surface area contributed by atoms with Crippen LogP contribution in [-0.4, -0.2) is 38.7 Å². The van der Waals surface area contributed by atoms with Crippen LogP contribution in [0.1, 0.15) is 49.5 Å². The predicted octanol–water partition coefficient (Wildman–Crippen LogP) is 2.45. The third kappa shape index (κ3) is 3.48. The van der Waals surface area contributed by atoms with Crippen LogP contribution in [-0.2, 0) is 20.8 Å². The van der Waals surface area contributed by atoms with Gasteiger partial charge in [-0.1, -0.05) is 26.8 Å². The quantitative estimate of drug-likeness (QED) is 0.338. The van der Waals surface area contributed by atoms with E-state index in [2.05, 4.69) is 5.32 Å². The molecule has 0 saturated carbocycles. The number of hydrogen-bond acceptors (Lipinski definition) is 7. The number of phenols is 1. The number of primary amides is 1. The highest BCUT2D eigenvalue weighted by molar-refractivity contribution is 6.22. The van der Waals surface area contributed by atoms with Gasteiger partial charge in [0.1, 0.15) is 17.1 Å². The largest absolute Gasteiger partial charge is 0.511 e. The molecule has 33 heavy (non-hydrogen) atoms. The Balaban J connectivity index is 1.77. The van der Waals surface area contributed by atoms with Crippen LogP contribution in [0.15, 0.2) is 34.8 Å². The third-order valence-electron chi connectivity index (χ3n) is 6.69. The summed E-state index contributed by atoms with van der Waals surface area (Å²) in [6, 6.07) is 3.18. The number of hydrogen-bond donors (Lipinski definition) is 5. The molecule has 9 nitrogen and oxygen atoms in total. The number of benzene rings is 1. The standard InChI is InChI=1S/C24H26N2O7/c1-24(2,3)23(33)26-12-5-4-9-6-10-7-11-8-13(27)17(22(25)32)21(31)16(11)20(30)15(10)19(29)14(9)18(12)28/h4-5,10-11,16,27-28,30H,6-8H2,1-3H3,(H2,25,32)(H,26,33). The van der Waals surface area contributed by atoms with Crippen LogP contribution >= 0.6 is 0 Å². The fraction of sp³-hybridized carbons (Fsp3) is 0.417. The van der Waals surface area contributed by atoms with Gasteiger partial charge in [0.25, 0.3) is 5.91 Å². The first-order valence-corrected chi connectivity index (χ1v) is 10.7. The number of aliphatic hydroxyl groups is 2. The number of carbonyl (C=O) groups excluding carboxylic acids is 4. The van der Waals surface area contributed by atoms with Crippen molar-refractivity contribution in [1.29, 1.82) is 0 Å². The zero-order valence-electron chi connectivity index (χ0n) is 18.6. The van der Waals surface area contributed by atoms with Gasteiger partial charge in [0.2, 0.25) is 5.91 Å². The average molecular weight is 454 g/mol. The molecule has 0 fully saturated rings. The number of nitrogens with one attached hydrogen (secondary N) is 1. The molecule has 174 valence electrons. The molecular weight excluding hydrogens is 428 g/mol. The monoisotopic (exact) mass is 454 g/mol. The second-order valence-electron chi connectivity index (χ2n) is 9.96. The van der Waals surface area contributed by atoms with Crippen LogP contribution in [0.2, 0.25) is 0 Å². The summed E-state index contributed by atoms with van der Waals surface area (Å²) in [5, 5.41) is 34.6. The Labute approximate surface area is 190 Å². The van der Waals surface area contributed by atoms with E-state index in [1.807, 2.05) is 0 Å². The van der Waals surface area contributed by atoms with Gasteiger partial charge < -0.3 is 26.4 Å². The number of nitrogens with two attached hydrogens (primary N) is 1. The fourth-order valence-corrected chi connectivity index (χ4v) is 5.02. The molecule has 1 aromatic rings. The number of amides is 2. The number of carbonyl (C=O) groups is 4. The lowest BCUT2D eigenvalue weighted by Gasteiger charge is -2.40. The molecule has 0 heterocycles. The summed E-state index contributed by atoms with van der Waals surface area (Å²) in [6.45, 7) is 5.13. The van der Waals surface area contributed by atoms with Gasteiger partial charge in [-0.05, 0) is 36.3 Å². The number of ketones is 2. The molecular formula is C24H26N2O7.